The number of rotatable bonds is 7. The average Bonchev–Trinajstić information content (AvgIpc) is 2.70. The first-order valence-corrected chi connectivity index (χ1v) is 12.2. The molecule has 0 bridgehead atoms. The van der Waals surface area contributed by atoms with E-state index in [0.29, 0.717) is 5.02 Å². The fourth-order valence-electron chi connectivity index (χ4n) is 2.51. The second-order valence-electron chi connectivity index (χ2n) is 6.16. The van der Waals surface area contributed by atoms with Gasteiger partial charge in [0.25, 0.3) is 20.0 Å². The van der Waals surface area contributed by atoms with E-state index in [1.165, 1.54) is 61.7 Å². The highest BCUT2D eigenvalue weighted by molar-refractivity contribution is 7.93. The van der Waals surface area contributed by atoms with Gasteiger partial charge < -0.3 is 4.74 Å². The summed E-state index contributed by atoms with van der Waals surface area (Å²) in [4.78, 5) is -0.446. The molecule has 0 aliphatic rings. The summed E-state index contributed by atoms with van der Waals surface area (Å²) in [6.45, 7) is 0. The molecule has 0 fully saturated rings. The van der Waals surface area contributed by atoms with Crippen LogP contribution < -0.4 is 14.2 Å². The molecule has 3 rings (SSSR count). The summed E-state index contributed by atoms with van der Waals surface area (Å²) in [6.07, 6.45) is 0. The lowest BCUT2D eigenvalue weighted by Crippen LogP contribution is -2.15. The van der Waals surface area contributed by atoms with Gasteiger partial charge in [0.1, 0.15) is 0 Å². The number of ether oxygens (including phenoxy) is 1. The molecule has 0 unspecified atom stereocenters. The maximum atomic E-state index is 13.8. The van der Waals surface area contributed by atoms with Gasteiger partial charge in [0.2, 0.25) is 0 Å². The Bertz CT molecular complexity index is 1330. The van der Waals surface area contributed by atoms with Gasteiger partial charge in [-0.3, -0.25) is 9.44 Å². The predicted molar refractivity (Wildman–Crippen MR) is 117 cm³/mol. The number of benzene rings is 3. The lowest BCUT2D eigenvalue weighted by molar-refractivity contribution is 0.385. The van der Waals surface area contributed by atoms with Crippen LogP contribution in [0.4, 0.5) is 15.8 Å². The number of nitrogens with one attached hydrogen (secondary N) is 2. The lowest BCUT2D eigenvalue weighted by atomic mass is 10.3. The zero-order valence-corrected chi connectivity index (χ0v) is 18.9. The van der Waals surface area contributed by atoms with E-state index in [1.807, 2.05) is 0 Å². The van der Waals surface area contributed by atoms with Gasteiger partial charge in [0, 0.05) is 10.7 Å². The number of hydrogen-bond acceptors (Lipinski definition) is 5. The summed E-state index contributed by atoms with van der Waals surface area (Å²) in [5.41, 5.74) is 0.220. The van der Waals surface area contributed by atoms with Crippen LogP contribution in [0.2, 0.25) is 10.0 Å². The normalized spacial score (nSPS) is 11.7. The minimum atomic E-state index is -4.11. The molecule has 12 heteroatoms. The van der Waals surface area contributed by atoms with E-state index < -0.39 is 25.9 Å². The Morgan fingerprint density at radius 1 is 0.806 bits per heavy atom. The molecule has 3 aromatic rings. The number of hydrogen-bond donors (Lipinski definition) is 2. The van der Waals surface area contributed by atoms with Gasteiger partial charge in [-0.15, -0.1) is 0 Å². The van der Waals surface area contributed by atoms with Crippen molar-refractivity contribution in [2.45, 2.75) is 9.79 Å². The molecule has 0 aromatic heterocycles. The third-order valence-electron chi connectivity index (χ3n) is 4.03. The quantitative estimate of drug-likeness (QED) is 0.483. The number of sulfonamides is 2. The number of anilines is 2. The lowest BCUT2D eigenvalue weighted by Gasteiger charge is -2.12. The monoisotopic (exact) mass is 504 g/mol. The molecule has 3 aromatic carbocycles. The van der Waals surface area contributed by atoms with Gasteiger partial charge in [-0.1, -0.05) is 23.2 Å². The van der Waals surface area contributed by atoms with Crippen molar-refractivity contribution in [3.63, 3.8) is 0 Å². The molecule has 0 aliphatic carbocycles. The van der Waals surface area contributed by atoms with Crippen LogP contribution in [-0.4, -0.2) is 23.9 Å². The standard InChI is InChI=1S/C19H15Cl2FN2O5S2/c1-29-19-9-7-15(11-17(19)22)31(27,28)23-13-3-5-14(6-4-13)30(25,26)24-18-8-2-12(20)10-16(18)21/h2-11,23-24H,1H3. The van der Waals surface area contributed by atoms with Gasteiger partial charge in [-0.2, -0.15) is 0 Å². The van der Waals surface area contributed by atoms with Crippen molar-refractivity contribution in [2.75, 3.05) is 16.6 Å². The average molecular weight is 505 g/mol. The third-order valence-corrected chi connectivity index (χ3v) is 7.33. The van der Waals surface area contributed by atoms with Crippen LogP contribution >= 0.6 is 23.2 Å². The molecule has 0 amide bonds. The third kappa shape index (κ3) is 5.40. The minimum Gasteiger partial charge on any atom is -0.494 e. The molecule has 0 saturated carbocycles. The maximum Gasteiger partial charge on any atom is 0.262 e. The smallest absolute Gasteiger partial charge is 0.262 e. The first-order chi connectivity index (χ1) is 14.5. The molecular formula is C19H15Cl2FN2O5S2. The number of methoxy groups -OCH3 is 1. The van der Waals surface area contributed by atoms with Crippen molar-refractivity contribution >= 4 is 54.6 Å². The highest BCUT2D eigenvalue weighted by atomic mass is 35.5. The van der Waals surface area contributed by atoms with E-state index in [1.54, 1.807) is 0 Å². The highest BCUT2D eigenvalue weighted by Gasteiger charge is 2.19. The minimum absolute atomic E-state index is 0.0831. The van der Waals surface area contributed by atoms with Crippen LogP contribution in [0.5, 0.6) is 5.75 Å². The largest absolute Gasteiger partial charge is 0.494 e. The zero-order valence-electron chi connectivity index (χ0n) is 15.8. The van der Waals surface area contributed by atoms with Crippen LogP contribution in [0.25, 0.3) is 0 Å². The summed E-state index contributed by atoms with van der Waals surface area (Å²) in [5.74, 6) is -0.930. The van der Waals surface area contributed by atoms with E-state index in [9.17, 15) is 21.2 Å². The van der Waals surface area contributed by atoms with E-state index in [2.05, 4.69) is 9.44 Å². The summed E-state index contributed by atoms with van der Waals surface area (Å²) < 4.78 is 73.2. The Morgan fingerprint density at radius 2 is 1.42 bits per heavy atom. The van der Waals surface area contributed by atoms with Gasteiger partial charge in [-0.05, 0) is 60.7 Å². The van der Waals surface area contributed by atoms with Crippen molar-refractivity contribution in [2.24, 2.45) is 0 Å². The van der Waals surface area contributed by atoms with Crippen LogP contribution in [0.15, 0.2) is 70.5 Å². The second kappa shape index (κ2) is 8.91. The molecule has 0 saturated heterocycles. The van der Waals surface area contributed by atoms with Crippen molar-refractivity contribution in [3.05, 3.63) is 76.5 Å². The molecule has 0 radical (unpaired) electrons. The van der Waals surface area contributed by atoms with E-state index >= 15 is 0 Å². The van der Waals surface area contributed by atoms with E-state index in [-0.39, 0.29) is 31.9 Å². The maximum absolute atomic E-state index is 13.8. The fourth-order valence-corrected chi connectivity index (χ4v) is 5.17. The summed E-state index contributed by atoms with van der Waals surface area (Å²) in [7, 11) is -6.84. The Balaban J connectivity index is 1.80. The molecule has 0 aliphatic heterocycles. The Hall–Kier alpha value is -2.53. The van der Waals surface area contributed by atoms with Gasteiger partial charge in [0.15, 0.2) is 11.6 Å². The Morgan fingerprint density at radius 3 is 2.00 bits per heavy atom. The molecule has 31 heavy (non-hydrogen) atoms. The van der Waals surface area contributed by atoms with Crippen LogP contribution in [0.1, 0.15) is 0 Å². The topological polar surface area (TPSA) is 102 Å². The Kier molecular flexibility index (Phi) is 6.65. The van der Waals surface area contributed by atoms with Crippen molar-refractivity contribution in [1.29, 1.82) is 0 Å². The van der Waals surface area contributed by atoms with Gasteiger partial charge in [0.05, 0.1) is 27.6 Å². The van der Waals surface area contributed by atoms with Gasteiger partial charge in [-0.25, -0.2) is 21.2 Å². The number of halogens is 3. The van der Waals surface area contributed by atoms with E-state index in [0.717, 1.165) is 6.07 Å². The Labute approximate surface area is 188 Å². The molecule has 7 nitrogen and oxygen atoms in total. The fraction of sp³-hybridized carbons (Fsp3) is 0.0526. The van der Waals surface area contributed by atoms with E-state index in [4.69, 9.17) is 27.9 Å². The second-order valence-corrected chi connectivity index (χ2v) is 10.4. The highest BCUT2D eigenvalue weighted by Crippen LogP contribution is 2.28. The molecule has 164 valence electrons. The van der Waals surface area contributed by atoms with Gasteiger partial charge >= 0.3 is 0 Å². The van der Waals surface area contributed by atoms with Crippen LogP contribution in [0.3, 0.4) is 0 Å². The van der Waals surface area contributed by atoms with Crippen molar-refractivity contribution in [1.82, 2.24) is 0 Å². The first-order valence-electron chi connectivity index (χ1n) is 8.46. The summed E-state index contributed by atoms with van der Waals surface area (Å²) in [6, 6.07) is 12.4. The zero-order chi connectivity index (χ0) is 22.8. The molecule has 2 N–H and O–H groups in total. The van der Waals surface area contributed by atoms with Crippen LogP contribution in [0, 0.1) is 5.82 Å². The molecule has 0 spiro atoms. The summed E-state index contributed by atoms with van der Waals surface area (Å²) >= 11 is 11.8. The predicted octanol–water partition coefficient (Wildman–Crippen LogP) is 4.74. The molecular weight excluding hydrogens is 490 g/mol. The molecule has 0 atom stereocenters. The van der Waals surface area contributed by atoms with Crippen molar-refractivity contribution in [3.8, 4) is 5.75 Å². The SMILES string of the molecule is COc1ccc(S(=O)(=O)Nc2ccc(S(=O)(=O)Nc3ccc(Cl)cc3Cl)cc2)cc1F. The molecule has 0 heterocycles. The first kappa shape index (κ1) is 23.1. The summed E-state index contributed by atoms with van der Waals surface area (Å²) in [5, 5.41) is 0.466. The van der Waals surface area contributed by atoms with Crippen LogP contribution in [-0.2, 0) is 20.0 Å². The van der Waals surface area contributed by atoms with Crippen molar-refractivity contribution < 1.29 is 26.0 Å².